The van der Waals surface area contributed by atoms with Crippen LogP contribution in [0, 0.1) is 0 Å². The molecule has 0 saturated carbocycles. The van der Waals surface area contributed by atoms with Crippen LogP contribution in [0.25, 0.3) is 0 Å². The third-order valence-corrected chi connectivity index (χ3v) is 2.11. The first kappa shape index (κ1) is 17.3. The summed E-state index contributed by atoms with van der Waals surface area (Å²) in [5.41, 5.74) is -2.59. The molecule has 1 unspecified atom stereocenters. The number of hydrogen-bond donors (Lipinski definition) is 3. The Balaban J connectivity index is 0. The first-order chi connectivity index (χ1) is 6.31. The molecule has 0 aliphatic heterocycles. The number of hydrogen-bond acceptors (Lipinski definition) is 5. The first-order valence-electron chi connectivity index (χ1n) is 3.33. The van der Waals surface area contributed by atoms with Gasteiger partial charge >= 0.3 is 90.8 Å². The Morgan fingerprint density at radius 3 is 1.93 bits per heavy atom. The molecule has 0 aliphatic rings. The summed E-state index contributed by atoms with van der Waals surface area (Å²) in [6, 6.07) is 0. The van der Waals surface area contributed by atoms with E-state index in [1.54, 1.807) is 0 Å². The van der Waals surface area contributed by atoms with Gasteiger partial charge in [0.15, 0.2) is 0 Å². The molecule has 0 amide bonds. The molecule has 0 saturated heterocycles. The summed E-state index contributed by atoms with van der Waals surface area (Å²) in [7, 11) is 0. The van der Waals surface area contributed by atoms with Gasteiger partial charge in [0, 0.05) is 22.4 Å². The van der Waals surface area contributed by atoms with E-state index in [0.29, 0.717) is 0 Å². The molecule has 0 aromatic rings. The van der Waals surface area contributed by atoms with Gasteiger partial charge in [-0.2, -0.15) is 0 Å². The van der Waals surface area contributed by atoms with Crippen LogP contribution in [0.4, 0.5) is 0 Å². The van der Waals surface area contributed by atoms with E-state index in [1.165, 1.54) is 0 Å². The molecule has 9 heteroatoms. The van der Waals surface area contributed by atoms with Crippen molar-refractivity contribution < 1.29 is 76.8 Å². The Kier molecular flexibility index (Phi) is 8.26. The predicted molar refractivity (Wildman–Crippen MR) is 35.5 cm³/mol. The average Bonchev–Trinajstić information content (AvgIpc) is 2.02. The molecule has 1 radical (unpaired) electrons. The summed E-state index contributed by atoms with van der Waals surface area (Å²) in [6.45, 7) is 0. The standard InChI is InChI=1S/C6H8O7.Nb.Ta/c7-3(8)1-6(13,5(11)12)2-4(9)10;;/h13H,1-2H2,(H,7,8)(H,9,10)(H,11,12);;/q;;+1/p-1. The molecule has 0 heterocycles. The van der Waals surface area contributed by atoms with E-state index in [0.717, 1.165) is 0 Å². The molecule has 83 valence electrons. The molecule has 0 aromatic heterocycles. The molecule has 7 nitrogen and oxygen atoms in total. The minimum absolute atomic E-state index is 0. The van der Waals surface area contributed by atoms with Crippen LogP contribution in [-0.2, 0) is 61.5 Å². The third-order valence-electron chi connectivity index (χ3n) is 1.38. The molecular weight excluding hydrogens is 458 g/mol. The minimum Gasteiger partial charge on any atom is 0 e. The van der Waals surface area contributed by atoms with E-state index in [2.05, 4.69) is 3.24 Å². The maximum atomic E-state index is 10.7. The number of aliphatic carboxylic acids is 2. The number of aliphatic hydroxyl groups is 1. The predicted octanol–water partition coefficient (Wildman–Crippen LogP) is -1.33. The fourth-order valence-corrected chi connectivity index (χ4v) is 0.967. The van der Waals surface area contributed by atoms with Crippen LogP contribution in [0.15, 0.2) is 0 Å². The van der Waals surface area contributed by atoms with E-state index < -0.39 is 36.4 Å². The quantitative estimate of drug-likeness (QED) is 0.431. The van der Waals surface area contributed by atoms with Gasteiger partial charge in [-0.15, -0.1) is 0 Å². The maximum absolute atomic E-state index is 10.7. The normalized spacial score (nSPS) is 13.1. The van der Waals surface area contributed by atoms with Crippen LogP contribution < -0.4 is 0 Å². The molecule has 0 aliphatic carbocycles. The van der Waals surface area contributed by atoms with Crippen molar-refractivity contribution in [3.63, 3.8) is 0 Å². The second-order valence-corrected chi connectivity index (χ2v) is 3.20. The number of carboxylic acids is 2. The van der Waals surface area contributed by atoms with Crippen LogP contribution in [0.1, 0.15) is 12.8 Å². The van der Waals surface area contributed by atoms with Gasteiger partial charge in [-0.25, -0.2) is 0 Å². The zero-order valence-electron chi connectivity index (χ0n) is 7.28. The average molecular weight is 465 g/mol. The molecule has 0 fully saturated rings. The summed E-state index contributed by atoms with van der Waals surface area (Å²) in [5, 5.41) is 26.1. The Hall–Kier alpha value is -0.149. The Morgan fingerprint density at radius 1 is 1.20 bits per heavy atom. The zero-order chi connectivity index (χ0) is 11.4. The van der Waals surface area contributed by atoms with Crippen LogP contribution in [0.5, 0.6) is 0 Å². The topological polar surface area (TPSA) is 121 Å². The van der Waals surface area contributed by atoms with Gasteiger partial charge in [0.25, 0.3) is 0 Å². The minimum atomic E-state index is -2.59. The van der Waals surface area contributed by atoms with Gasteiger partial charge in [-0.05, 0) is 0 Å². The molecule has 1 atom stereocenters. The van der Waals surface area contributed by atoms with Crippen molar-refractivity contribution in [3.05, 3.63) is 0 Å². The molecule has 0 aromatic carbocycles. The fourth-order valence-electron chi connectivity index (χ4n) is 0.735. The second kappa shape index (κ2) is 7.18. The van der Waals surface area contributed by atoms with Gasteiger partial charge in [-0.1, -0.05) is 0 Å². The largest absolute Gasteiger partial charge is 0 e. The Morgan fingerprint density at radius 2 is 1.67 bits per heavy atom. The maximum Gasteiger partial charge on any atom is 0 e. The van der Waals surface area contributed by atoms with Crippen molar-refractivity contribution in [2.75, 3.05) is 0 Å². The van der Waals surface area contributed by atoms with Gasteiger partial charge in [-0.3, -0.25) is 0 Å². The smallest absolute Gasteiger partial charge is 0 e. The van der Waals surface area contributed by atoms with Gasteiger partial charge < -0.3 is 0 Å². The molecule has 0 spiro atoms. The fraction of sp³-hybridized carbons (Fsp3) is 0.500. The summed E-state index contributed by atoms with van der Waals surface area (Å²) < 4.78 is 4.23. The summed E-state index contributed by atoms with van der Waals surface area (Å²) in [5.74, 6) is -4.21. The molecule has 0 bridgehead atoms. The summed E-state index contributed by atoms with van der Waals surface area (Å²) in [4.78, 5) is 31.4. The van der Waals surface area contributed by atoms with Crippen molar-refractivity contribution in [1.82, 2.24) is 0 Å². The summed E-state index contributed by atoms with van der Waals surface area (Å²) in [6.07, 6.45) is -1.92. The first-order valence-corrected chi connectivity index (χ1v) is 4.65. The SMILES string of the molecule is O=C(O)CC(O)(CC(=O)[O][Ta])C(=O)O.[Nb]. The molecular formula is C6H7NbO7Ta. The van der Waals surface area contributed by atoms with Crippen LogP contribution in [0.2, 0.25) is 0 Å². The van der Waals surface area contributed by atoms with Crippen LogP contribution in [0.3, 0.4) is 0 Å². The van der Waals surface area contributed by atoms with Crippen molar-refractivity contribution in [1.29, 1.82) is 0 Å². The Bertz CT molecular complexity index is 268. The van der Waals surface area contributed by atoms with E-state index in [9.17, 15) is 19.5 Å². The van der Waals surface area contributed by atoms with Crippen LogP contribution in [-0.4, -0.2) is 38.8 Å². The molecule has 3 N–H and O–H groups in total. The third kappa shape index (κ3) is 6.10. The van der Waals surface area contributed by atoms with Crippen molar-refractivity contribution in [3.8, 4) is 0 Å². The zero-order valence-corrected chi connectivity index (χ0v) is 12.7. The van der Waals surface area contributed by atoms with Gasteiger partial charge in [0.05, 0.1) is 0 Å². The van der Waals surface area contributed by atoms with E-state index in [4.69, 9.17) is 10.2 Å². The monoisotopic (exact) mass is 465 g/mol. The molecule has 15 heavy (non-hydrogen) atoms. The molecule has 0 rings (SSSR count). The van der Waals surface area contributed by atoms with E-state index in [1.807, 2.05) is 0 Å². The second-order valence-electron chi connectivity index (χ2n) is 2.55. The van der Waals surface area contributed by atoms with Crippen LogP contribution >= 0.6 is 0 Å². The number of rotatable bonds is 5. The van der Waals surface area contributed by atoms with Gasteiger partial charge in [0.1, 0.15) is 0 Å². The van der Waals surface area contributed by atoms with E-state index >= 15 is 0 Å². The number of carbonyl (C=O) groups is 3. The Labute approximate surface area is 113 Å². The number of carbonyl (C=O) groups excluding carboxylic acids is 1. The van der Waals surface area contributed by atoms with E-state index in [-0.39, 0.29) is 43.8 Å². The van der Waals surface area contributed by atoms with Crippen molar-refractivity contribution in [2.24, 2.45) is 0 Å². The van der Waals surface area contributed by atoms with Gasteiger partial charge in [0.2, 0.25) is 0 Å². The number of carboxylic acid groups (broad SMARTS) is 2. The van der Waals surface area contributed by atoms with Crippen molar-refractivity contribution in [2.45, 2.75) is 18.4 Å². The summed E-state index contributed by atoms with van der Waals surface area (Å²) >= 11 is 0.249. The van der Waals surface area contributed by atoms with Crippen molar-refractivity contribution >= 4 is 17.9 Å².